The number of nitrogen functional groups attached to an aromatic ring is 1. The second-order valence-electron chi connectivity index (χ2n) is 3.11. The summed E-state index contributed by atoms with van der Waals surface area (Å²) >= 11 is 3.13. The lowest BCUT2D eigenvalue weighted by Crippen LogP contribution is -2.14. The van der Waals surface area contributed by atoms with Crippen LogP contribution in [-0.2, 0) is 10.1 Å². The minimum absolute atomic E-state index is 0.0226. The third-order valence-corrected chi connectivity index (χ3v) is 2.67. The van der Waals surface area contributed by atoms with Gasteiger partial charge in [-0.1, -0.05) is 15.9 Å². The second kappa shape index (κ2) is 5.90. The lowest BCUT2D eigenvalue weighted by Gasteiger charge is -2.12. The van der Waals surface area contributed by atoms with Crippen LogP contribution in [0.3, 0.4) is 0 Å². The maximum atomic E-state index is 12.7. The Morgan fingerprint density at radius 2 is 2.29 bits per heavy atom. The minimum Gasteiger partial charge on any atom is -0.462 e. The van der Waals surface area contributed by atoms with Crippen molar-refractivity contribution in [1.82, 2.24) is 4.98 Å². The molecule has 0 saturated heterocycles. The predicted molar refractivity (Wildman–Crippen MR) is 62.2 cm³/mol. The molecule has 0 unspecified atom stereocenters. The minimum atomic E-state index is -2.87. The van der Waals surface area contributed by atoms with Crippen LogP contribution in [0.5, 0.6) is 0 Å². The van der Waals surface area contributed by atoms with Gasteiger partial charge in [-0.15, -0.1) is 0 Å². The molecule has 1 aromatic rings. The van der Waals surface area contributed by atoms with E-state index in [-0.39, 0.29) is 17.9 Å². The van der Waals surface area contributed by atoms with Crippen molar-refractivity contribution in [2.24, 2.45) is 0 Å². The van der Waals surface area contributed by atoms with E-state index in [1.165, 1.54) is 6.20 Å². The number of carbonyl (C=O) groups excluding carboxylic acids is 1. The Kier molecular flexibility index (Phi) is 4.80. The van der Waals surface area contributed by atoms with E-state index in [0.29, 0.717) is 10.9 Å². The number of esters is 1. The van der Waals surface area contributed by atoms with Gasteiger partial charge in [-0.25, -0.2) is 13.6 Å². The Bertz CT molecular complexity index is 427. The van der Waals surface area contributed by atoms with Gasteiger partial charge >= 0.3 is 5.97 Å². The molecular weight excluding hydrogens is 298 g/mol. The number of pyridine rings is 1. The molecule has 0 aromatic carbocycles. The van der Waals surface area contributed by atoms with Crippen molar-refractivity contribution in [1.29, 1.82) is 0 Å². The lowest BCUT2D eigenvalue weighted by atomic mass is 10.1. The van der Waals surface area contributed by atoms with E-state index in [2.05, 4.69) is 20.9 Å². The standard InChI is InChI=1S/C10H11BrF2N2O2/c1-2-17-10(16)6-7(14)5(3-11)4-15-8(6)9(12)13/h4,9H,2-3H2,1H3,(H2,14,15). The van der Waals surface area contributed by atoms with Gasteiger partial charge in [0.2, 0.25) is 0 Å². The highest BCUT2D eigenvalue weighted by Crippen LogP contribution is 2.28. The highest BCUT2D eigenvalue weighted by Gasteiger charge is 2.25. The largest absolute Gasteiger partial charge is 0.462 e. The molecular formula is C10H11BrF2N2O2. The fourth-order valence-corrected chi connectivity index (χ4v) is 1.72. The van der Waals surface area contributed by atoms with Crippen molar-refractivity contribution in [3.05, 3.63) is 23.0 Å². The highest BCUT2D eigenvalue weighted by molar-refractivity contribution is 9.08. The summed E-state index contributed by atoms with van der Waals surface area (Å²) in [5.41, 5.74) is 5.11. The van der Waals surface area contributed by atoms with Crippen molar-refractivity contribution in [2.45, 2.75) is 18.7 Å². The average Bonchev–Trinajstić information content (AvgIpc) is 2.28. The highest BCUT2D eigenvalue weighted by atomic mass is 79.9. The van der Waals surface area contributed by atoms with E-state index in [4.69, 9.17) is 10.5 Å². The van der Waals surface area contributed by atoms with Crippen LogP contribution in [0.25, 0.3) is 0 Å². The number of ether oxygens (including phenoxy) is 1. The number of alkyl halides is 3. The van der Waals surface area contributed by atoms with Gasteiger partial charge in [0.15, 0.2) is 0 Å². The molecule has 0 spiro atoms. The van der Waals surface area contributed by atoms with Crippen molar-refractivity contribution in [2.75, 3.05) is 12.3 Å². The van der Waals surface area contributed by atoms with Crippen molar-refractivity contribution in [3.8, 4) is 0 Å². The molecule has 0 atom stereocenters. The van der Waals surface area contributed by atoms with Crippen LogP contribution in [-0.4, -0.2) is 17.6 Å². The summed E-state index contributed by atoms with van der Waals surface area (Å²) < 4.78 is 30.1. The summed E-state index contributed by atoms with van der Waals surface area (Å²) in [7, 11) is 0. The summed E-state index contributed by atoms with van der Waals surface area (Å²) in [4.78, 5) is 15.1. The molecule has 4 nitrogen and oxygen atoms in total. The smallest absolute Gasteiger partial charge is 0.342 e. The molecule has 0 aliphatic rings. The number of carbonyl (C=O) groups is 1. The molecule has 0 aliphatic carbocycles. The van der Waals surface area contributed by atoms with Crippen molar-refractivity contribution >= 4 is 27.6 Å². The van der Waals surface area contributed by atoms with Gasteiger partial charge in [0, 0.05) is 17.1 Å². The van der Waals surface area contributed by atoms with E-state index in [1.54, 1.807) is 6.92 Å². The SMILES string of the molecule is CCOC(=O)c1c(C(F)F)ncc(CBr)c1N. The number of hydrogen-bond acceptors (Lipinski definition) is 4. The second-order valence-corrected chi connectivity index (χ2v) is 3.67. The Morgan fingerprint density at radius 3 is 2.76 bits per heavy atom. The van der Waals surface area contributed by atoms with Crippen LogP contribution < -0.4 is 5.73 Å². The maximum Gasteiger partial charge on any atom is 0.342 e. The third-order valence-electron chi connectivity index (χ3n) is 2.06. The molecule has 2 N–H and O–H groups in total. The topological polar surface area (TPSA) is 65.2 Å². The first-order chi connectivity index (χ1) is 8.02. The Hall–Kier alpha value is -1.24. The van der Waals surface area contributed by atoms with Gasteiger partial charge in [0.1, 0.15) is 11.3 Å². The third kappa shape index (κ3) is 2.91. The normalized spacial score (nSPS) is 10.6. The molecule has 0 amide bonds. The van der Waals surface area contributed by atoms with Gasteiger partial charge in [-0.3, -0.25) is 4.98 Å². The first kappa shape index (κ1) is 13.8. The zero-order valence-electron chi connectivity index (χ0n) is 9.04. The summed E-state index contributed by atoms with van der Waals surface area (Å²) in [5.74, 6) is -0.879. The molecule has 94 valence electrons. The number of hydrogen-bond donors (Lipinski definition) is 1. The van der Waals surface area contributed by atoms with Gasteiger partial charge in [-0.05, 0) is 6.92 Å². The number of nitrogens with zero attached hydrogens (tertiary/aromatic N) is 1. The number of anilines is 1. The molecule has 0 aliphatic heterocycles. The van der Waals surface area contributed by atoms with Crippen molar-refractivity contribution < 1.29 is 18.3 Å². The molecule has 0 radical (unpaired) electrons. The van der Waals surface area contributed by atoms with Crippen LogP contribution in [0, 0.1) is 0 Å². The van der Waals surface area contributed by atoms with E-state index < -0.39 is 18.1 Å². The summed E-state index contributed by atoms with van der Waals surface area (Å²) in [6, 6.07) is 0. The van der Waals surface area contributed by atoms with Crippen LogP contribution in [0.1, 0.15) is 35.0 Å². The Morgan fingerprint density at radius 1 is 1.65 bits per heavy atom. The first-order valence-electron chi connectivity index (χ1n) is 4.81. The monoisotopic (exact) mass is 308 g/mol. The molecule has 0 bridgehead atoms. The first-order valence-corrected chi connectivity index (χ1v) is 5.93. The number of nitrogens with two attached hydrogens (primary N) is 1. The van der Waals surface area contributed by atoms with E-state index in [0.717, 1.165) is 0 Å². The summed E-state index contributed by atoms with van der Waals surface area (Å²) in [6.45, 7) is 1.66. The molecule has 0 saturated carbocycles. The zero-order valence-corrected chi connectivity index (χ0v) is 10.6. The average molecular weight is 309 g/mol. The fraction of sp³-hybridized carbons (Fsp3) is 0.400. The fourth-order valence-electron chi connectivity index (χ4n) is 1.27. The van der Waals surface area contributed by atoms with E-state index >= 15 is 0 Å². The van der Waals surface area contributed by atoms with Crippen LogP contribution in [0.4, 0.5) is 14.5 Å². The van der Waals surface area contributed by atoms with E-state index in [9.17, 15) is 13.6 Å². The predicted octanol–water partition coefficient (Wildman–Crippen LogP) is 2.67. The molecule has 0 fully saturated rings. The maximum absolute atomic E-state index is 12.7. The van der Waals surface area contributed by atoms with Crippen LogP contribution in [0.15, 0.2) is 6.20 Å². The summed E-state index contributed by atoms with van der Waals surface area (Å²) in [6.07, 6.45) is -1.66. The summed E-state index contributed by atoms with van der Waals surface area (Å²) in [5, 5.41) is 0.321. The molecule has 1 rings (SSSR count). The number of rotatable bonds is 4. The number of aromatic nitrogens is 1. The molecule has 7 heteroatoms. The molecule has 1 heterocycles. The van der Waals surface area contributed by atoms with Gasteiger partial charge in [0.05, 0.1) is 12.3 Å². The molecule has 1 aromatic heterocycles. The number of halogens is 3. The van der Waals surface area contributed by atoms with Crippen LogP contribution in [0.2, 0.25) is 0 Å². The van der Waals surface area contributed by atoms with Crippen LogP contribution >= 0.6 is 15.9 Å². The zero-order chi connectivity index (χ0) is 13.0. The van der Waals surface area contributed by atoms with E-state index in [1.807, 2.05) is 0 Å². The quantitative estimate of drug-likeness (QED) is 0.686. The van der Waals surface area contributed by atoms with Gasteiger partial charge < -0.3 is 10.5 Å². The Labute approximate surface area is 105 Å². The van der Waals surface area contributed by atoms with Gasteiger partial charge in [0.25, 0.3) is 6.43 Å². The Balaban J connectivity index is 3.34. The molecule has 17 heavy (non-hydrogen) atoms. The lowest BCUT2D eigenvalue weighted by molar-refractivity contribution is 0.0515. The van der Waals surface area contributed by atoms with Gasteiger partial charge in [-0.2, -0.15) is 0 Å². The van der Waals surface area contributed by atoms with Crippen molar-refractivity contribution in [3.63, 3.8) is 0 Å².